The van der Waals surface area contributed by atoms with Crippen LogP contribution in [0.2, 0.25) is 0 Å². The van der Waals surface area contributed by atoms with Crippen molar-refractivity contribution >= 4 is 49.4 Å². The van der Waals surface area contributed by atoms with Crippen molar-refractivity contribution in [2.75, 3.05) is 63.0 Å². The Kier molecular flexibility index (Phi) is 5.22. The number of aromatic nitrogens is 3. The van der Waals surface area contributed by atoms with Gasteiger partial charge in [-0.3, -0.25) is 0 Å². The van der Waals surface area contributed by atoms with Gasteiger partial charge in [0, 0.05) is 26.2 Å². The average Bonchev–Trinajstić information content (AvgIpc) is 3.27. The van der Waals surface area contributed by atoms with Crippen LogP contribution in [0.1, 0.15) is 0 Å². The first-order valence-corrected chi connectivity index (χ1v) is 11.1. The summed E-state index contributed by atoms with van der Waals surface area (Å²) in [5.41, 5.74) is 7.95. The van der Waals surface area contributed by atoms with E-state index in [0.717, 1.165) is 36.8 Å². The minimum Gasteiger partial charge on any atom is -0.493 e. The van der Waals surface area contributed by atoms with Crippen LogP contribution >= 0.6 is 11.3 Å². The van der Waals surface area contributed by atoms with Crippen LogP contribution in [0.25, 0.3) is 21.1 Å². The number of anilines is 3. The molecule has 2 N–H and O–H groups in total. The van der Waals surface area contributed by atoms with Gasteiger partial charge in [0.05, 0.1) is 36.9 Å². The Bertz CT molecular complexity index is 1250. The third-order valence-corrected chi connectivity index (χ3v) is 6.72. The summed E-state index contributed by atoms with van der Waals surface area (Å²) in [4.78, 5) is 18.6. The van der Waals surface area contributed by atoms with Gasteiger partial charge in [0.15, 0.2) is 16.6 Å². The van der Waals surface area contributed by atoms with E-state index in [1.54, 1.807) is 38.7 Å². The molecule has 0 amide bonds. The van der Waals surface area contributed by atoms with Crippen molar-refractivity contribution in [2.45, 2.75) is 0 Å². The quantitative estimate of drug-likeness (QED) is 0.489. The van der Waals surface area contributed by atoms with Gasteiger partial charge < -0.3 is 29.7 Å². The summed E-state index contributed by atoms with van der Waals surface area (Å²) in [7, 11) is 4.71. The van der Waals surface area contributed by atoms with Gasteiger partial charge in [0.25, 0.3) is 0 Å². The highest BCUT2D eigenvalue weighted by Gasteiger charge is 2.25. The van der Waals surface area contributed by atoms with Crippen molar-refractivity contribution in [1.82, 2.24) is 15.0 Å². The minimum absolute atomic E-state index is 0.373. The van der Waals surface area contributed by atoms with E-state index in [-0.39, 0.29) is 0 Å². The smallest absolute Gasteiger partial charge is 0.228 e. The molecule has 0 saturated carbocycles. The molecule has 2 aromatic carbocycles. The SMILES string of the molecule is COc1cc2c(N)nc(N3CCN(c4nc5ccccc5s4)CC3)nc2c(OC)c1OC. The van der Waals surface area contributed by atoms with E-state index in [1.165, 1.54) is 4.70 Å². The first-order chi connectivity index (χ1) is 15.6. The van der Waals surface area contributed by atoms with Gasteiger partial charge in [-0.05, 0) is 18.2 Å². The third kappa shape index (κ3) is 3.36. The number of ether oxygens (including phenoxy) is 3. The first-order valence-electron chi connectivity index (χ1n) is 10.2. The number of para-hydroxylation sites is 1. The molecule has 10 heteroatoms. The molecule has 0 atom stereocenters. The molecule has 1 fully saturated rings. The molecule has 0 spiro atoms. The standard InChI is InChI=1S/C22H24N6O3S/c1-29-15-12-13-17(19(31-3)18(15)30-2)25-21(26-20(13)23)27-8-10-28(11-9-27)22-24-14-6-4-5-7-16(14)32-22/h4-7,12H,8-11H2,1-3H3,(H2,23,25,26). The zero-order chi connectivity index (χ0) is 22.2. The van der Waals surface area contributed by atoms with Crippen molar-refractivity contribution in [3.8, 4) is 17.2 Å². The Morgan fingerprint density at radius 1 is 0.875 bits per heavy atom. The second-order valence-corrected chi connectivity index (χ2v) is 8.40. The molecule has 1 aliphatic rings. The van der Waals surface area contributed by atoms with Crippen LogP contribution in [0.4, 0.5) is 16.9 Å². The monoisotopic (exact) mass is 452 g/mol. The predicted octanol–water partition coefficient (Wildman–Crippen LogP) is 3.17. The minimum atomic E-state index is 0.373. The molecule has 5 rings (SSSR count). The Balaban J connectivity index is 1.44. The van der Waals surface area contributed by atoms with Gasteiger partial charge in [-0.15, -0.1) is 0 Å². The van der Waals surface area contributed by atoms with E-state index in [0.29, 0.717) is 39.9 Å². The van der Waals surface area contributed by atoms with Crippen LogP contribution in [0.15, 0.2) is 30.3 Å². The lowest BCUT2D eigenvalue weighted by Gasteiger charge is -2.34. The summed E-state index contributed by atoms with van der Waals surface area (Å²) < 4.78 is 17.7. The number of thiazole rings is 1. The molecule has 0 unspecified atom stereocenters. The molecular formula is C22H24N6O3S. The number of nitrogens with zero attached hydrogens (tertiary/aromatic N) is 5. The van der Waals surface area contributed by atoms with E-state index >= 15 is 0 Å². The number of hydrogen-bond acceptors (Lipinski definition) is 10. The van der Waals surface area contributed by atoms with E-state index in [9.17, 15) is 0 Å². The Morgan fingerprint density at radius 2 is 1.59 bits per heavy atom. The highest BCUT2D eigenvalue weighted by molar-refractivity contribution is 7.22. The fourth-order valence-corrected chi connectivity index (χ4v) is 4.99. The summed E-state index contributed by atoms with van der Waals surface area (Å²) in [5.74, 6) is 2.42. The zero-order valence-corrected chi connectivity index (χ0v) is 19.0. The molecule has 32 heavy (non-hydrogen) atoms. The topological polar surface area (TPSA) is 98.9 Å². The first kappa shape index (κ1) is 20.4. The highest BCUT2D eigenvalue weighted by Crippen LogP contribution is 2.44. The number of piperazine rings is 1. The summed E-state index contributed by atoms with van der Waals surface area (Å²) in [6, 6.07) is 10.00. The highest BCUT2D eigenvalue weighted by atomic mass is 32.1. The lowest BCUT2D eigenvalue weighted by molar-refractivity contribution is 0.327. The van der Waals surface area contributed by atoms with Crippen molar-refractivity contribution < 1.29 is 14.2 Å². The third-order valence-electron chi connectivity index (χ3n) is 5.63. The van der Waals surface area contributed by atoms with Gasteiger partial charge in [0.2, 0.25) is 11.7 Å². The number of benzene rings is 2. The van der Waals surface area contributed by atoms with Crippen molar-refractivity contribution in [2.24, 2.45) is 0 Å². The summed E-state index contributed by atoms with van der Waals surface area (Å²) in [6.07, 6.45) is 0. The number of nitrogens with two attached hydrogens (primary N) is 1. The van der Waals surface area contributed by atoms with Gasteiger partial charge in [-0.25, -0.2) is 9.97 Å². The summed E-state index contributed by atoms with van der Waals surface area (Å²) in [6.45, 7) is 3.17. The maximum Gasteiger partial charge on any atom is 0.228 e. The molecule has 0 radical (unpaired) electrons. The molecule has 1 saturated heterocycles. The number of fused-ring (bicyclic) bond motifs is 2. The summed E-state index contributed by atoms with van der Waals surface area (Å²) in [5, 5.41) is 1.71. The predicted molar refractivity (Wildman–Crippen MR) is 128 cm³/mol. The summed E-state index contributed by atoms with van der Waals surface area (Å²) >= 11 is 1.72. The fourth-order valence-electron chi connectivity index (χ4n) is 3.97. The molecule has 4 aromatic rings. The number of methoxy groups -OCH3 is 3. The van der Waals surface area contributed by atoms with Crippen LogP contribution in [0.3, 0.4) is 0 Å². The van der Waals surface area contributed by atoms with Crippen LogP contribution in [-0.2, 0) is 0 Å². The Labute approximate surface area is 189 Å². The molecule has 3 heterocycles. The lowest BCUT2D eigenvalue weighted by atomic mass is 10.2. The second kappa shape index (κ2) is 8.19. The number of hydrogen-bond donors (Lipinski definition) is 1. The molecule has 9 nitrogen and oxygen atoms in total. The van der Waals surface area contributed by atoms with E-state index in [4.69, 9.17) is 29.9 Å². The van der Waals surface area contributed by atoms with Gasteiger partial charge in [0.1, 0.15) is 11.3 Å². The molecule has 1 aliphatic heterocycles. The van der Waals surface area contributed by atoms with E-state index in [2.05, 4.69) is 20.9 Å². The van der Waals surface area contributed by atoms with Crippen molar-refractivity contribution in [3.63, 3.8) is 0 Å². The van der Waals surface area contributed by atoms with Gasteiger partial charge in [-0.2, -0.15) is 4.98 Å². The van der Waals surface area contributed by atoms with Crippen molar-refractivity contribution in [3.05, 3.63) is 30.3 Å². The normalized spacial score (nSPS) is 14.2. The molecule has 0 bridgehead atoms. The van der Waals surface area contributed by atoms with Crippen molar-refractivity contribution in [1.29, 1.82) is 0 Å². The zero-order valence-electron chi connectivity index (χ0n) is 18.2. The van der Waals surface area contributed by atoms with Gasteiger partial charge >= 0.3 is 0 Å². The van der Waals surface area contributed by atoms with Crippen LogP contribution in [0, 0.1) is 0 Å². The average molecular weight is 453 g/mol. The molecule has 0 aliphatic carbocycles. The van der Waals surface area contributed by atoms with Crippen LogP contribution in [-0.4, -0.2) is 62.5 Å². The largest absolute Gasteiger partial charge is 0.493 e. The van der Waals surface area contributed by atoms with E-state index < -0.39 is 0 Å². The van der Waals surface area contributed by atoms with Crippen LogP contribution in [0.5, 0.6) is 17.2 Å². The maximum absolute atomic E-state index is 6.32. The Morgan fingerprint density at radius 3 is 2.28 bits per heavy atom. The Hall–Kier alpha value is -3.53. The number of nitrogen functional groups attached to an aromatic ring is 1. The molecule has 166 valence electrons. The maximum atomic E-state index is 6.32. The van der Waals surface area contributed by atoms with Crippen LogP contribution < -0.4 is 29.7 Å². The second-order valence-electron chi connectivity index (χ2n) is 7.39. The van der Waals surface area contributed by atoms with E-state index in [1.807, 2.05) is 18.2 Å². The number of rotatable bonds is 5. The molecular weight excluding hydrogens is 428 g/mol. The fraction of sp³-hybridized carbons (Fsp3) is 0.318. The van der Waals surface area contributed by atoms with Gasteiger partial charge in [-0.1, -0.05) is 23.5 Å². The lowest BCUT2D eigenvalue weighted by Crippen LogP contribution is -2.47. The molecule has 2 aromatic heterocycles.